The zero-order valence-electron chi connectivity index (χ0n) is 20.9. The van der Waals surface area contributed by atoms with Crippen molar-refractivity contribution < 1.29 is 22.7 Å². The number of aromatic nitrogens is 2. The first kappa shape index (κ1) is 26.1. The molecule has 1 aromatic heterocycles. The average molecular weight is 489 g/mol. The minimum absolute atomic E-state index is 0.0138. The number of hydrogen-bond donors (Lipinski definition) is 1. The van der Waals surface area contributed by atoms with E-state index in [0.29, 0.717) is 42.5 Å². The zero-order valence-corrected chi connectivity index (χ0v) is 20.9. The number of hydrogen-bond acceptors (Lipinski definition) is 4. The monoisotopic (exact) mass is 488 g/mol. The summed E-state index contributed by atoms with van der Waals surface area (Å²) in [6, 6.07) is 8.23. The number of fused-ring (bicyclic) bond motifs is 1. The summed E-state index contributed by atoms with van der Waals surface area (Å²) in [5, 5.41) is 3.13. The van der Waals surface area contributed by atoms with Gasteiger partial charge in [-0.2, -0.15) is 4.39 Å². The van der Waals surface area contributed by atoms with Gasteiger partial charge in [0.05, 0.1) is 13.7 Å². The van der Waals surface area contributed by atoms with E-state index < -0.39 is 17.0 Å². The smallest absolute Gasteiger partial charge is 0.228 e. The Hall–Kier alpha value is -3.49. The molecule has 0 unspecified atom stereocenters. The predicted octanol–water partition coefficient (Wildman–Crippen LogP) is 6.13. The highest BCUT2D eigenvalue weighted by molar-refractivity contribution is 5.82. The number of anilines is 2. The molecule has 0 radical (unpaired) electrons. The van der Waals surface area contributed by atoms with Gasteiger partial charge in [0.15, 0.2) is 11.6 Å². The van der Waals surface area contributed by atoms with Crippen LogP contribution in [0.15, 0.2) is 36.4 Å². The molecule has 0 spiro atoms. The highest BCUT2D eigenvalue weighted by Gasteiger charge is 2.32. The first-order valence-corrected chi connectivity index (χ1v) is 11.5. The highest BCUT2D eigenvalue weighted by Crippen LogP contribution is 2.35. The molecule has 2 heterocycles. The highest BCUT2D eigenvalue weighted by atomic mass is 19.2. The Morgan fingerprint density at radius 1 is 1.06 bits per heavy atom. The van der Waals surface area contributed by atoms with Crippen LogP contribution in [0.2, 0.25) is 0 Å². The van der Waals surface area contributed by atoms with Gasteiger partial charge in [-0.25, -0.2) is 13.8 Å². The minimum Gasteiger partial charge on any atom is -0.493 e. The summed E-state index contributed by atoms with van der Waals surface area (Å²) in [7, 11) is 1.26. The molecule has 6 nitrogen and oxygen atoms in total. The lowest BCUT2D eigenvalue weighted by molar-refractivity contribution is -0.141. The second-order valence-corrected chi connectivity index (χ2v) is 8.96. The van der Waals surface area contributed by atoms with Crippen molar-refractivity contribution in [3.63, 3.8) is 0 Å². The van der Waals surface area contributed by atoms with Gasteiger partial charge in [0.25, 0.3) is 0 Å². The van der Waals surface area contributed by atoms with Crippen LogP contribution in [0, 0.1) is 22.9 Å². The van der Waals surface area contributed by atoms with Gasteiger partial charge in [-0.15, -0.1) is 0 Å². The van der Waals surface area contributed by atoms with Gasteiger partial charge in [0.1, 0.15) is 23.2 Å². The standard InChI is InChI=1S/C24H25F3N4O2.C2H6/c1-24(2,3)23(32)30-9-10-31-19(13-30)29-21(14-5-7-15(25)8-6-14)22(31)28-16-11-17(26)20(27)18(12-16)33-4;1-2/h5-8,11-12,28H,9-10,13H2,1-4H3;1-2H3. The second kappa shape index (κ2) is 10.4. The lowest BCUT2D eigenvalue weighted by Gasteiger charge is -2.33. The maximum absolute atomic E-state index is 14.1. The van der Waals surface area contributed by atoms with Crippen LogP contribution in [0.5, 0.6) is 5.75 Å². The minimum atomic E-state index is -1.08. The molecule has 1 aliphatic rings. The third kappa shape index (κ3) is 5.44. The van der Waals surface area contributed by atoms with Crippen molar-refractivity contribution in [1.82, 2.24) is 14.5 Å². The number of nitrogens with zero attached hydrogens (tertiary/aromatic N) is 3. The molecule has 0 bridgehead atoms. The van der Waals surface area contributed by atoms with Crippen LogP contribution < -0.4 is 10.1 Å². The maximum Gasteiger partial charge on any atom is 0.228 e. The number of amides is 1. The van der Waals surface area contributed by atoms with Gasteiger partial charge in [-0.05, 0) is 24.3 Å². The van der Waals surface area contributed by atoms with Gasteiger partial charge in [-0.1, -0.05) is 34.6 Å². The number of methoxy groups -OCH3 is 1. The fraction of sp³-hybridized carbons (Fsp3) is 0.385. The van der Waals surface area contributed by atoms with Crippen molar-refractivity contribution in [2.45, 2.75) is 47.7 Å². The molecule has 1 amide bonds. The topological polar surface area (TPSA) is 59.4 Å². The third-order valence-electron chi connectivity index (χ3n) is 5.50. The molecule has 0 saturated carbocycles. The first-order chi connectivity index (χ1) is 16.6. The van der Waals surface area contributed by atoms with Gasteiger partial charge >= 0.3 is 0 Å². The molecule has 2 aromatic carbocycles. The molecule has 0 aliphatic carbocycles. The van der Waals surface area contributed by atoms with Crippen LogP contribution in [0.4, 0.5) is 24.7 Å². The van der Waals surface area contributed by atoms with E-state index in [1.54, 1.807) is 17.0 Å². The average Bonchev–Trinajstić information content (AvgIpc) is 3.19. The summed E-state index contributed by atoms with van der Waals surface area (Å²) < 4.78 is 48.4. The van der Waals surface area contributed by atoms with Crippen molar-refractivity contribution in [3.8, 4) is 17.0 Å². The van der Waals surface area contributed by atoms with Crippen molar-refractivity contribution in [2.24, 2.45) is 5.41 Å². The Labute approximate surface area is 203 Å². The Morgan fingerprint density at radius 2 is 1.71 bits per heavy atom. The molecule has 1 aliphatic heterocycles. The quantitative estimate of drug-likeness (QED) is 0.480. The maximum atomic E-state index is 14.1. The normalized spacial score (nSPS) is 13.0. The van der Waals surface area contributed by atoms with Crippen LogP contribution in [-0.4, -0.2) is 34.0 Å². The van der Waals surface area contributed by atoms with Crippen molar-refractivity contribution >= 4 is 17.4 Å². The number of rotatable bonds is 4. The SMILES string of the molecule is CC.COc1cc(Nc2c(-c3ccc(F)cc3)nc3n2CCN(C(=O)C(C)(C)C)C3)cc(F)c1F. The molecular formula is C26H31F3N4O2. The van der Waals surface area contributed by atoms with E-state index >= 15 is 0 Å². The Morgan fingerprint density at radius 3 is 2.31 bits per heavy atom. The molecule has 188 valence electrons. The third-order valence-corrected chi connectivity index (χ3v) is 5.50. The number of halogens is 3. The fourth-order valence-corrected chi connectivity index (χ4v) is 3.84. The molecule has 3 aromatic rings. The van der Waals surface area contributed by atoms with E-state index in [2.05, 4.69) is 5.32 Å². The lowest BCUT2D eigenvalue weighted by atomic mass is 9.94. The molecule has 35 heavy (non-hydrogen) atoms. The van der Waals surface area contributed by atoms with E-state index in [1.807, 2.05) is 39.2 Å². The van der Waals surface area contributed by atoms with E-state index in [1.165, 1.54) is 25.3 Å². The zero-order chi connectivity index (χ0) is 25.9. The summed E-state index contributed by atoms with van der Waals surface area (Å²) in [6.45, 7) is 10.8. The largest absolute Gasteiger partial charge is 0.493 e. The number of nitrogens with one attached hydrogen (secondary N) is 1. The van der Waals surface area contributed by atoms with Crippen LogP contribution in [0.25, 0.3) is 11.3 Å². The van der Waals surface area contributed by atoms with Gasteiger partial charge < -0.3 is 19.5 Å². The number of benzene rings is 2. The molecule has 4 rings (SSSR count). The molecule has 0 fully saturated rings. The lowest BCUT2D eigenvalue weighted by Crippen LogP contribution is -2.44. The number of carbonyl (C=O) groups excluding carboxylic acids is 1. The summed E-state index contributed by atoms with van der Waals surface area (Å²) in [6.07, 6.45) is 0. The molecule has 9 heteroatoms. The fourth-order valence-electron chi connectivity index (χ4n) is 3.84. The van der Waals surface area contributed by atoms with Crippen LogP contribution in [0.1, 0.15) is 40.4 Å². The first-order valence-electron chi connectivity index (χ1n) is 11.5. The van der Waals surface area contributed by atoms with Gasteiger partial charge in [-0.3, -0.25) is 4.79 Å². The molecule has 1 N–H and O–H groups in total. The Balaban J connectivity index is 0.00000167. The van der Waals surface area contributed by atoms with Crippen LogP contribution in [0.3, 0.4) is 0 Å². The van der Waals surface area contributed by atoms with Crippen LogP contribution >= 0.6 is 0 Å². The number of imidazole rings is 1. The summed E-state index contributed by atoms with van der Waals surface area (Å²) >= 11 is 0. The van der Waals surface area contributed by atoms with Gasteiger partial charge in [0, 0.05) is 41.9 Å². The van der Waals surface area contributed by atoms with E-state index in [-0.39, 0.29) is 23.2 Å². The van der Waals surface area contributed by atoms with E-state index in [0.717, 1.165) is 6.07 Å². The van der Waals surface area contributed by atoms with Crippen molar-refractivity contribution in [2.75, 3.05) is 19.0 Å². The Kier molecular flexibility index (Phi) is 7.77. The molecular weight excluding hydrogens is 457 g/mol. The number of carbonyl (C=O) groups is 1. The second-order valence-electron chi connectivity index (χ2n) is 8.96. The van der Waals surface area contributed by atoms with Crippen molar-refractivity contribution in [3.05, 3.63) is 59.7 Å². The summed E-state index contributed by atoms with van der Waals surface area (Å²) in [5.41, 5.74) is 0.894. The molecule has 0 saturated heterocycles. The van der Waals surface area contributed by atoms with Crippen LogP contribution in [-0.2, 0) is 17.9 Å². The Bertz CT molecular complexity index is 1200. The summed E-state index contributed by atoms with van der Waals surface area (Å²) in [5.74, 6) is -1.57. The van der Waals surface area contributed by atoms with E-state index in [4.69, 9.17) is 9.72 Å². The van der Waals surface area contributed by atoms with Crippen molar-refractivity contribution in [1.29, 1.82) is 0 Å². The number of ether oxygens (including phenoxy) is 1. The van der Waals surface area contributed by atoms with E-state index in [9.17, 15) is 18.0 Å². The van der Waals surface area contributed by atoms with Gasteiger partial charge in [0.2, 0.25) is 11.7 Å². The predicted molar refractivity (Wildman–Crippen MR) is 130 cm³/mol. The molecule has 0 atom stereocenters. The summed E-state index contributed by atoms with van der Waals surface area (Å²) in [4.78, 5) is 19.3.